The predicted molar refractivity (Wildman–Crippen MR) is 61.9 cm³/mol. The Morgan fingerprint density at radius 2 is 2.25 bits per heavy atom. The number of halogens is 1. The fourth-order valence-corrected chi connectivity index (χ4v) is 1.46. The minimum Gasteiger partial charge on any atom is -0.508 e. The lowest BCUT2D eigenvalue weighted by molar-refractivity contribution is -0.138. The Morgan fingerprint density at radius 3 is 2.88 bits per heavy atom. The number of aliphatic carboxylic acids is 1. The van der Waals surface area contributed by atoms with E-state index in [1.165, 1.54) is 6.07 Å². The standard InChI is InChI=1S/C11H14ClNO3/c1-7(11(15)16)13-5-4-8-6-9(12)2-3-10(8)14/h2-3,6-7,13-14H,4-5H2,1H3,(H,15,16). The number of carboxylic acids is 1. The average molecular weight is 244 g/mol. The van der Waals surface area contributed by atoms with Gasteiger partial charge in [-0.15, -0.1) is 0 Å². The van der Waals surface area contributed by atoms with E-state index in [1.54, 1.807) is 19.1 Å². The summed E-state index contributed by atoms with van der Waals surface area (Å²) in [4.78, 5) is 10.5. The minimum atomic E-state index is -0.893. The fraction of sp³-hybridized carbons (Fsp3) is 0.364. The number of phenolic OH excluding ortho intramolecular Hbond substituents is 1. The van der Waals surface area contributed by atoms with Crippen molar-refractivity contribution in [2.45, 2.75) is 19.4 Å². The zero-order valence-electron chi connectivity index (χ0n) is 8.90. The van der Waals surface area contributed by atoms with Crippen LogP contribution in [0.1, 0.15) is 12.5 Å². The number of phenols is 1. The predicted octanol–water partition coefficient (Wildman–Crippen LogP) is 1.65. The molecule has 1 atom stereocenters. The first-order valence-corrected chi connectivity index (χ1v) is 5.32. The van der Waals surface area contributed by atoms with E-state index >= 15 is 0 Å². The Balaban J connectivity index is 2.48. The van der Waals surface area contributed by atoms with E-state index in [0.29, 0.717) is 23.6 Å². The highest BCUT2D eigenvalue weighted by Gasteiger charge is 2.09. The maximum atomic E-state index is 10.5. The van der Waals surface area contributed by atoms with Crippen LogP contribution in [0.4, 0.5) is 0 Å². The van der Waals surface area contributed by atoms with E-state index < -0.39 is 12.0 Å². The summed E-state index contributed by atoms with van der Waals surface area (Å²) in [7, 11) is 0. The van der Waals surface area contributed by atoms with Gasteiger partial charge < -0.3 is 15.5 Å². The third-order valence-corrected chi connectivity index (χ3v) is 2.49. The van der Waals surface area contributed by atoms with Crippen LogP contribution < -0.4 is 5.32 Å². The second-order valence-corrected chi connectivity index (χ2v) is 3.97. The normalized spacial score (nSPS) is 12.4. The van der Waals surface area contributed by atoms with Crippen molar-refractivity contribution in [3.05, 3.63) is 28.8 Å². The quantitative estimate of drug-likeness (QED) is 0.736. The van der Waals surface area contributed by atoms with Crippen molar-refractivity contribution in [2.75, 3.05) is 6.54 Å². The lowest BCUT2D eigenvalue weighted by Crippen LogP contribution is -2.34. The summed E-state index contributed by atoms with van der Waals surface area (Å²) in [6.45, 7) is 2.04. The number of benzene rings is 1. The molecule has 1 rings (SSSR count). The summed E-state index contributed by atoms with van der Waals surface area (Å²) < 4.78 is 0. The zero-order valence-corrected chi connectivity index (χ0v) is 9.66. The summed E-state index contributed by atoms with van der Waals surface area (Å²) in [5.41, 5.74) is 0.706. The van der Waals surface area contributed by atoms with Crippen LogP contribution in [0.3, 0.4) is 0 Å². The molecule has 0 saturated heterocycles. The second kappa shape index (κ2) is 5.72. The first-order chi connectivity index (χ1) is 7.50. The molecule has 0 saturated carbocycles. The van der Waals surface area contributed by atoms with Crippen LogP contribution in [-0.4, -0.2) is 28.8 Å². The third kappa shape index (κ3) is 3.72. The largest absolute Gasteiger partial charge is 0.508 e. The molecule has 1 aromatic carbocycles. The second-order valence-electron chi connectivity index (χ2n) is 3.54. The molecule has 0 aliphatic heterocycles. The van der Waals surface area contributed by atoms with Gasteiger partial charge in [0.05, 0.1) is 0 Å². The fourth-order valence-electron chi connectivity index (χ4n) is 1.26. The van der Waals surface area contributed by atoms with Gasteiger partial charge in [-0.05, 0) is 37.1 Å². The lowest BCUT2D eigenvalue weighted by Gasteiger charge is -2.09. The van der Waals surface area contributed by atoms with E-state index in [-0.39, 0.29) is 5.75 Å². The number of nitrogens with one attached hydrogen (secondary N) is 1. The van der Waals surface area contributed by atoms with Crippen molar-refractivity contribution in [2.24, 2.45) is 0 Å². The van der Waals surface area contributed by atoms with Crippen LogP contribution in [0.5, 0.6) is 5.75 Å². The van der Waals surface area contributed by atoms with Crippen LogP contribution >= 0.6 is 11.6 Å². The van der Waals surface area contributed by atoms with Gasteiger partial charge in [0, 0.05) is 11.6 Å². The summed E-state index contributed by atoms with van der Waals surface area (Å²) in [6, 6.07) is 4.21. The first kappa shape index (κ1) is 12.8. The number of hydrogen-bond donors (Lipinski definition) is 3. The lowest BCUT2D eigenvalue weighted by atomic mass is 10.1. The summed E-state index contributed by atoms with van der Waals surface area (Å²) >= 11 is 5.78. The molecule has 88 valence electrons. The maximum Gasteiger partial charge on any atom is 0.320 e. The van der Waals surface area contributed by atoms with Crippen molar-refractivity contribution in [3.8, 4) is 5.75 Å². The molecule has 0 bridgehead atoms. The van der Waals surface area contributed by atoms with E-state index in [2.05, 4.69) is 5.32 Å². The summed E-state index contributed by atoms with van der Waals surface area (Å²) in [5, 5.41) is 21.5. The van der Waals surface area contributed by atoms with Gasteiger partial charge in [-0.3, -0.25) is 4.79 Å². The molecule has 4 nitrogen and oxygen atoms in total. The van der Waals surface area contributed by atoms with E-state index in [0.717, 1.165) is 0 Å². The van der Waals surface area contributed by atoms with Gasteiger partial charge in [0.2, 0.25) is 0 Å². The third-order valence-electron chi connectivity index (χ3n) is 2.26. The summed E-state index contributed by atoms with van der Waals surface area (Å²) in [6.07, 6.45) is 0.532. The van der Waals surface area contributed by atoms with Crippen LogP contribution in [0, 0.1) is 0 Å². The van der Waals surface area contributed by atoms with E-state index in [1.807, 2.05) is 0 Å². The number of carboxylic acid groups (broad SMARTS) is 1. The van der Waals surface area contributed by atoms with Crippen LogP contribution in [0.2, 0.25) is 5.02 Å². The SMILES string of the molecule is CC(NCCc1cc(Cl)ccc1O)C(=O)O. The van der Waals surface area contributed by atoms with Gasteiger partial charge in [-0.1, -0.05) is 11.6 Å². The molecule has 0 aromatic heterocycles. The highest BCUT2D eigenvalue weighted by molar-refractivity contribution is 6.30. The number of hydrogen-bond acceptors (Lipinski definition) is 3. The molecule has 0 aliphatic rings. The molecular formula is C11H14ClNO3. The Bertz CT molecular complexity index is 381. The monoisotopic (exact) mass is 243 g/mol. The summed E-state index contributed by atoms with van der Waals surface area (Å²) in [5.74, 6) is -0.718. The molecule has 0 amide bonds. The van der Waals surface area contributed by atoms with Crippen molar-refractivity contribution in [1.82, 2.24) is 5.32 Å². The molecule has 1 aromatic rings. The minimum absolute atomic E-state index is 0.175. The highest BCUT2D eigenvalue weighted by Crippen LogP contribution is 2.21. The molecule has 1 unspecified atom stereocenters. The average Bonchev–Trinajstić information content (AvgIpc) is 2.22. The molecule has 0 fully saturated rings. The van der Waals surface area contributed by atoms with Crippen LogP contribution in [0.25, 0.3) is 0 Å². The van der Waals surface area contributed by atoms with E-state index in [4.69, 9.17) is 16.7 Å². The van der Waals surface area contributed by atoms with Crippen molar-refractivity contribution in [3.63, 3.8) is 0 Å². The van der Waals surface area contributed by atoms with Gasteiger partial charge in [0.1, 0.15) is 11.8 Å². The molecule has 3 N–H and O–H groups in total. The Morgan fingerprint density at radius 1 is 1.56 bits per heavy atom. The molecule has 5 heteroatoms. The molecule has 0 heterocycles. The van der Waals surface area contributed by atoms with Gasteiger partial charge in [0.25, 0.3) is 0 Å². The number of rotatable bonds is 5. The molecule has 0 aliphatic carbocycles. The smallest absolute Gasteiger partial charge is 0.320 e. The van der Waals surface area contributed by atoms with Gasteiger partial charge in [0.15, 0.2) is 0 Å². The van der Waals surface area contributed by atoms with Crippen LogP contribution in [0.15, 0.2) is 18.2 Å². The Labute approximate surface area is 98.9 Å². The van der Waals surface area contributed by atoms with Gasteiger partial charge in [-0.25, -0.2) is 0 Å². The topological polar surface area (TPSA) is 69.6 Å². The Hall–Kier alpha value is -1.26. The van der Waals surface area contributed by atoms with Crippen molar-refractivity contribution >= 4 is 17.6 Å². The van der Waals surface area contributed by atoms with Gasteiger partial charge >= 0.3 is 5.97 Å². The van der Waals surface area contributed by atoms with Crippen molar-refractivity contribution in [1.29, 1.82) is 0 Å². The first-order valence-electron chi connectivity index (χ1n) is 4.94. The number of aromatic hydroxyl groups is 1. The molecule has 0 radical (unpaired) electrons. The highest BCUT2D eigenvalue weighted by atomic mass is 35.5. The van der Waals surface area contributed by atoms with Crippen LogP contribution in [-0.2, 0) is 11.2 Å². The van der Waals surface area contributed by atoms with E-state index in [9.17, 15) is 9.90 Å². The molecule has 16 heavy (non-hydrogen) atoms. The molecule has 0 spiro atoms. The zero-order chi connectivity index (χ0) is 12.1. The van der Waals surface area contributed by atoms with Gasteiger partial charge in [-0.2, -0.15) is 0 Å². The number of carbonyl (C=O) groups is 1. The Kier molecular flexibility index (Phi) is 4.58. The molecular weight excluding hydrogens is 230 g/mol. The van der Waals surface area contributed by atoms with Crippen molar-refractivity contribution < 1.29 is 15.0 Å². The maximum absolute atomic E-state index is 10.5.